The third kappa shape index (κ3) is 2.48. The fraction of sp³-hybridized carbons (Fsp3) is 0.750. The van der Waals surface area contributed by atoms with Crippen molar-refractivity contribution in [3.05, 3.63) is 12.3 Å². The van der Waals surface area contributed by atoms with Gasteiger partial charge in [-0.05, 0) is 12.3 Å². The molecule has 0 N–H and O–H groups in total. The molecule has 1 atom stereocenters. The number of allylic oxidation sites excluding steroid dienone is 1. The van der Waals surface area contributed by atoms with Crippen LogP contribution in [-0.2, 0) is 4.79 Å². The number of carbonyl (C=O) groups excluding carboxylic acids is 1. The first-order chi connectivity index (χ1) is 7.38. The third-order valence-corrected chi connectivity index (χ3v) is 3.65. The maximum Gasteiger partial charge on any atom is 0.406 e. The summed E-state index contributed by atoms with van der Waals surface area (Å²) in [6, 6.07) is 0. The van der Waals surface area contributed by atoms with E-state index in [4.69, 9.17) is 0 Å². The van der Waals surface area contributed by atoms with Crippen molar-refractivity contribution in [2.75, 3.05) is 6.54 Å². The van der Waals surface area contributed by atoms with E-state index in [0.29, 0.717) is 0 Å². The van der Waals surface area contributed by atoms with E-state index < -0.39 is 29.5 Å². The summed E-state index contributed by atoms with van der Waals surface area (Å²) in [5, 5.41) is 0. The van der Waals surface area contributed by atoms with Crippen molar-refractivity contribution in [3.63, 3.8) is 0 Å². The van der Waals surface area contributed by atoms with Crippen LogP contribution in [0.5, 0.6) is 0 Å². The molecule has 1 unspecified atom stereocenters. The van der Waals surface area contributed by atoms with E-state index >= 15 is 0 Å². The minimum Gasteiger partial charge on any atom is -0.307 e. The van der Waals surface area contributed by atoms with E-state index in [0.717, 1.165) is 4.90 Å². The second kappa shape index (κ2) is 3.75. The highest BCUT2D eigenvalue weighted by Gasteiger charge is 2.53. The van der Waals surface area contributed by atoms with Crippen LogP contribution in [0.1, 0.15) is 34.1 Å². The first kappa shape index (κ1) is 14.1. The van der Waals surface area contributed by atoms with Gasteiger partial charge in [-0.2, -0.15) is 13.2 Å². The van der Waals surface area contributed by atoms with Crippen LogP contribution >= 0.6 is 0 Å². The molecule has 1 aliphatic heterocycles. The maximum absolute atomic E-state index is 12.4. The zero-order chi connectivity index (χ0) is 13.6. The zero-order valence-corrected chi connectivity index (χ0v) is 10.6. The van der Waals surface area contributed by atoms with E-state index in [1.54, 1.807) is 6.92 Å². The van der Waals surface area contributed by atoms with Gasteiger partial charge in [0.2, 0.25) is 5.91 Å². The Labute approximate surface area is 99.5 Å². The molecule has 1 rings (SSSR count). The number of nitrogens with zero attached hydrogens (tertiary/aromatic N) is 1. The molecule has 0 aliphatic carbocycles. The Morgan fingerprint density at radius 2 is 1.82 bits per heavy atom. The van der Waals surface area contributed by atoms with Crippen molar-refractivity contribution in [1.29, 1.82) is 0 Å². The summed E-state index contributed by atoms with van der Waals surface area (Å²) in [6.07, 6.45) is -4.10. The lowest BCUT2D eigenvalue weighted by Crippen LogP contribution is -2.43. The lowest BCUT2D eigenvalue weighted by molar-refractivity contribution is -0.160. The number of hydrogen-bond donors (Lipinski definition) is 0. The highest BCUT2D eigenvalue weighted by Crippen LogP contribution is 2.50. The lowest BCUT2D eigenvalue weighted by atomic mass is 9.66. The fourth-order valence-corrected chi connectivity index (χ4v) is 1.97. The predicted octanol–water partition coefficient (Wildman–Crippen LogP) is 3.35. The van der Waals surface area contributed by atoms with Gasteiger partial charge in [0.15, 0.2) is 0 Å². The van der Waals surface area contributed by atoms with Crippen molar-refractivity contribution in [1.82, 2.24) is 4.90 Å². The van der Waals surface area contributed by atoms with Crippen molar-refractivity contribution < 1.29 is 18.0 Å². The molecule has 0 aromatic rings. The standard InChI is InChI=1S/C12H18F3NO/c1-8-6-11(5,10(2,3)4)9(17)16(8)7-12(13,14)15/h1,6-7H2,2-5H3. The molecule has 0 radical (unpaired) electrons. The summed E-state index contributed by atoms with van der Waals surface area (Å²) in [4.78, 5) is 12.9. The molecule has 1 amide bonds. The van der Waals surface area contributed by atoms with E-state index in [1.807, 2.05) is 20.8 Å². The van der Waals surface area contributed by atoms with Gasteiger partial charge in [0, 0.05) is 12.1 Å². The summed E-state index contributed by atoms with van der Waals surface area (Å²) < 4.78 is 37.1. The SMILES string of the molecule is C=C1CC(C)(C(C)(C)C)C(=O)N1CC(F)(F)F. The monoisotopic (exact) mass is 249 g/mol. The van der Waals surface area contributed by atoms with Gasteiger partial charge in [0.25, 0.3) is 0 Å². The van der Waals surface area contributed by atoms with Gasteiger partial charge >= 0.3 is 6.18 Å². The van der Waals surface area contributed by atoms with Crippen molar-refractivity contribution in [2.24, 2.45) is 10.8 Å². The van der Waals surface area contributed by atoms with Crippen LogP contribution in [0.4, 0.5) is 13.2 Å². The number of likely N-dealkylation sites (tertiary alicyclic amines) is 1. The third-order valence-electron chi connectivity index (χ3n) is 3.65. The molecular weight excluding hydrogens is 231 g/mol. The molecule has 0 bridgehead atoms. The molecule has 0 saturated carbocycles. The molecule has 0 spiro atoms. The maximum atomic E-state index is 12.4. The topological polar surface area (TPSA) is 20.3 Å². The van der Waals surface area contributed by atoms with Crippen LogP contribution in [0.2, 0.25) is 0 Å². The number of carbonyl (C=O) groups is 1. The van der Waals surface area contributed by atoms with E-state index in [9.17, 15) is 18.0 Å². The Morgan fingerprint density at radius 3 is 2.12 bits per heavy atom. The summed E-state index contributed by atoms with van der Waals surface area (Å²) in [5.41, 5.74) is -0.951. The molecule has 17 heavy (non-hydrogen) atoms. The largest absolute Gasteiger partial charge is 0.406 e. The van der Waals surface area contributed by atoms with Crippen LogP contribution in [0.15, 0.2) is 12.3 Å². The molecule has 1 aliphatic rings. The van der Waals surface area contributed by atoms with Gasteiger partial charge in [-0.25, -0.2) is 0 Å². The number of amides is 1. The summed E-state index contributed by atoms with van der Waals surface area (Å²) in [5.74, 6) is -0.479. The molecule has 5 heteroatoms. The van der Waals surface area contributed by atoms with Crippen molar-refractivity contribution in [2.45, 2.75) is 40.3 Å². The highest BCUT2D eigenvalue weighted by molar-refractivity contribution is 5.88. The smallest absolute Gasteiger partial charge is 0.307 e. The number of halogens is 3. The minimum atomic E-state index is -4.39. The van der Waals surface area contributed by atoms with Crippen molar-refractivity contribution in [3.8, 4) is 0 Å². The Hall–Kier alpha value is -1.00. The Kier molecular flexibility index (Phi) is 3.10. The van der Waals surface area contributed by atoms with Crippen molar-refractivity contribution >= 4 is 5.91 Å². The molecule has 1 saturated heterocycles. The second-order valence-corrected chi connectivity index (χ2v) is 5.83. The first-order valence-electron chi connectivity index (χ1n) is 5.45. The lowest BCUT2D eigenvalue weighted by Gasteiger charge is -2.36. The Morgan fingerprint density at radius 1 is 1.35 bits per heavy atom. The number of hydrogen-bond acceptors (Lipinski definition) is 1. The fourth-order valence-electron chi connectivity index (χ4n) is 1.97. The molecule has 1 heterocycles. The summed E-state index contributed by atoms with van der Waals surface area (Å²) in [6.45, 7) is 9.62. The average Bonchev–Trinajstić information content (AvgIpc) is 2.27. The first-order valence-corrected chi connectivity index (χ1v) is 5.45. The molecule has 0 aromatic heterocycles. The van der Waals surface area contributed by atoms with Crippen LogP contribution in [0.25, 0.3) is 0 Å². The highest BCUT2D eigenvalue weighted by atomic mass is 19.4. The second-order valence-electron chi connectivity index (χ2n) is 5.83. The van der Waals surface area contributed by atoms with E-state index in [2.05, 4.69) is 6.58 Å². The normalized spacial score (nSPS) is 26.9. The van der Waals surface area contributed by atoms with Crippen LogP contribution in [0.3, 0.4) is 0 Å². The molecule has 1 fully saturated rings. The van der Waals surface area contributed by atoms with Crippen LogP contribution in [0, 0.1) is 10.8 Å². The molecule has 0 aromatic carbocycles. The summed E-state index contributed by atoms with van der Waals surface area (Å²) in [7, 11) is 0. The van der Waals surface area contributed by atoms with Crippen LogP contribution < -0.4 is 0 Å². The van der Waals surface area contributed by atoms with Gasteiger partial charge in [-0.1, -0.05) is 27.4 Å². The molecule has 2 nitrogen and oxygen atoms in total. The molecule has 98 valence electrons. The quantitative estimate of drug-likeness (QED) is 0.698. The zero-order valence-electron chi connectivity index (χ0n) is 10.6. The number of rotatable bonds is 1. The van der Waals surface area contributed by atoms with E-state index in [1.165, 1.54) is 0 Å². The van der Waals surface area contributed by atoms with Gasteiger partial charge < -0.3 is 4.90 Å². The van der Waals surface area contributed by atoms with Gasteiger partial charge in [0.1, 0.15) is 6.54 Å². The molecular formula is C12H18F3NO. The predicted molar refractivity (Wildman–Crippen MR) is 59.1 cm³/mol. The summed E-state index contributed by atoms with van der Waals surface area (Å²) >= 11 is 0. The Balaban J connectivity index is 3.02. The Bertz CT molecular complexity index is 354. The van der Waals surface area contributed by atoms with Crippen LogP contribution in [-0.4, -0.2) is 23.5 Å². The minimum absolute atomic E-state index is 0.254. The van der Waals surface area contributed by atoms with Gasteiger partial charge in [-0.3, -0.25) is 4.79 Å². The van der Waals surface area contributed by atoms with Gasteiger partial charge in [0.05, 0.1) is 5.41 Å². The average molecular weight is 249 g/mol. The number of alkyl halides is 3. The van der Waals surface area contributed by atoms with Gasteiger partial charge in [-0.15, -0.1) is 0 Å². The van der Waals surface area contributed by atoms with E-state index in [-0.39, 0.29) is 12.1 Å².